The van der Waals surface area contributed by atoms with Crippen LogP contribution in [0.5, 0.6) is 0 Å². The standard InChI is InChI=1S/C10H15N3O2/c11-8(10(14)15)5-7-6-13-4-2-1-3-9(13)12-7/h6,8H,1-5,11H2,(H,14,15). The summed E-state index contributed by atoms with van der Waals surface area (Å²) in [4.78, 5) is 15.0. The maximum atomic E-state index is 10.6. The molecule has 15 heavy (non-hydrogen) atoms. The molecular weight excluding hydrogens is 194 g/mol. The first-order valence-corrected chi connectivity index (χ1v) is 5.20. The lowest BCUT2D eigenvalue weighted by Crippen LogP contribution is -2.32. The van der Waals surface area contributed by atoms with E-state index in [4.69, 9.17) is 10.8 Å². The van der Waals surface area contributed by atoms with Crippen LogP contribution < -0.4 is 5.73 Å². The first kappa shape index (κ1) is 10.2. The predicted molar refractivity (Wildman–Crippen MR) is 54.5 cm³/mol. The van der Waals surface area contributed by atoms with Gasteiger partial charge in [-0.3, -0.25) is 4.79 Å². The molecule has 0 saturated heterocycles. The van der Waals surface area contributed by atoms with Crippen molar-refractivity contribution >= 4 is 5.97 Å². The summed E-state index contributed by atoms with van der Waals surface area (Å²) in [5.41, 5.74) is 6.25. The van der Waals surface area contributed by atoms with Crippen LogP contribution in [0.1, 0.15) is 24.4 Å². The van der Waals surface area contributed by atoms with Crippen molar-refractivity contribution in [3.8, 4) is 0 Å². The van der Waals surface area contributed by atoms with Crippen LogP contribution in [-0.2, 0) is 24.2 Å². The summed E-state index contributed by atoms with van der Waals surface area (Å²) in [5, 5.41) is 8.69. The Morgan fingerprint density at radius 2 is 2.47 bits per heavy atom. The molecule has 2 rings (SSSR count). The molecule has 0 bridgehead atoms. The summed E-state index contributed by atoms with van der Waals surface area (Å²) in [5.74, 6) is 0.0924. The number of rotatable bonds is 3. The lowest BCUT2D eigenvalue weighted by molar-refractivity contribution is -0.138. The Morgan fingerprint density at radius 1 is 1.67 bits per heavy atom. The van der Waals surface area contributed by atoms with Crippen LogP contribution in [0.25, 0.3) is 0 Å². The average Bonchev–Trinajstić information content (AvgIpc) is 2.59. The Kier molecular flexibility index (Phi) is 2.73. The van der Waals surface area contributed by atoms with E-state index in [1.807, 2.05) is 6.20 Å². The van der Waals surface area contributed by atoms with Crippen LogP contribution in [0.2, 0.25) is 0 Å². The Balaban J connectivity index is 2.09. The van der Waals surface area contributed by atoms with Gasteiger partial charge in [0.2, 0.25) is 0 Å². The van der Waals surface area contributed by atoms with Crippen LogP contribution in [0.3, 0.4) is 0 Å². The topological polar surface area (TPSA) is 81.1 Å². The third-order valence-electron chi connectivity index (χ3n) is 2.70. The van der Waals surface area contributed by atoms with Gasteiger partial charge in [-0.15, -0.1) is 0 Å². The van der Waals surface area contributed by atoms with Gasteiger partial charge >= 0.3 is 5.97 Å². The van der Waals surface area contributed by atoms with Crippen molar-refractivity contribution in [3.05, 3.63) is 17.7 Å². The number of hydrogen-bond donors (Lipinski definition) is 2. The molecule has 5 nitrogen and oxygen atoms in total. The van der Waals surface area contributed by atoms with Crippen LogP contribution in [0.4, 0.5) is 0 Å². The molecular formula is C10H15N3O2. The summed E-state index contributed by atoms with van der Waals surface area (Å²) >= 11 is 0. The number of carbonyl (C=O) groups is 1. The van der Waals surface area contributed by atoms with Crippen LogP contribution >= 0.6 is 0 Å². The van der Waals surface area contributed by atoms with E-state index in [-0.39, 0.29) is 0 Å². The minimum atomic E-state index is -0.971. The van der Waals surface area contributed by atoms with Gasteiger partial charge in [0.05, 0.1) is 5.69 Å². The quantitative estimate of drug-likeness (QED) is 0.743. The fourth-order valence-corrected chi connectivity index (χ4v) is 1.88. The fraction of sp³-hybridized carbons (Fsp3) is 0.600. The minimum absolute atomic E-state index is 0.315. The highest BCUT2D eigenvalue weighted by atomic mass is 16.4. The van der Waals surface area contributed by atoms with E-state index in [0.717, 1.165) is 24.5 Å². The normalized spacial score (nSPS) is 17.1. The van der Waals surface area contributed by atoms with Gasteiger partial charge in [-0.2, -0.15) is 0 Å². The molecule has 1 aliphatic rings. The van der Waals surface area contributed by atoms with Gasteiger partial charge in [-0.05, 0) is 12.8 Å². The maximum absolute atomic E-state index is 10.6. The number of nitrogens with zero attached hydrogens (tertiary/aromatic N) is 2. The minimum Gasteiger partial charge on any atom is -0.480 e. The number of carboxylic acids is 1. The number of nitrogens with two attached hydrogens (primary N) is 1. The van der Waals surface area contributed by atoms with Gasteiger partial charge in [0.25, 0.3) is 0 Å². The molecule has 0 spiro atoms. The first-order chi connectivity index (χ1) is 7.16. The molecule has 5 heteroatoms. The van der Waals surface area contributed by atoms with Crippen LogP contribution in [-0.4, -0.2) is 26.7 Å². The molecule has 1 aromatic heterocycles. The number of fused-ring (bicyclic) bond motifs is 1. The Bertz CT molecular complexity index is 349. The molecule has 1 aliphatic heterocycles. The van der Waals surface area contributed by atoms with Crippen molar-refractivity contribution in [2.75, 3.05) is 0 Å². The van der Waals surface area contributed by atoms with E-state index < -0.39 is 12.0 Å². The highest BCUT2D eigenvalue weighted by Crippen LogP contribution is 2.15. The second-order valence-electron chi connectivity index (χ2n) is 3.95. The molecule has 82 valence electrons. The molecule has 1 unspecified atom stereocenters. The number of aliphatic carboxylic acids is 1. The second-order valence-corrected chi connectivity index (χ2v) is 3.95. The van der Waals surface area contributed by atoms with Crippen molar-refractivity contribution in [2.45, 2.75) is 38.3 Å². The highest BCUT2D eigenvalue weighted by molar-refractivity contribution is 5.73. The summed E-state index contributed by atoms with van der Waals surface area (Å²) < 4.78 is 2.10. The summed E-state index contributed by atoms with van der Waals surface area (Å²) in [6.07, 6.45) is 5.57. The average molecular weight is 209 g/mol. The molecule has 2 heterocycles. The zero-order chi connectivity index (χ0) is 10.8. The van der Waals surface area contributed by atoms with Gasteiger partial charge < -0.3 is 15.4 Å². The van der Waals surface area contributed by atoms with E-state index in [1.54, 1.807) is 0 Å². The first-order valence-electron chi connectivity index (χ1n) is 5.20. The number of carboxylic acid groups (broad SMARTS) is 1. The van der Waals surface area contributed by atoms with Gasteiger partial charge in [0.1, 0.15) is 11.9 Å². The Labute approximate surface area is 87.9 Å². The van der Waals surface area contributed by atoms with E-state index in [1.165, 1.54) is 12.8 Å². The van der Waals surface area contributed by atoms with E-state index in [0.29, 0.717) is 6.42 Å². The lowest BCUT2D eigenvalue weighted by Gasteiger charge is -2.11. The summed E-state index contributed by atoms with van der Waals surface area (Å²) in [6.45, 7) is 0.991. The predicted octanol–water partition coefficient (Wildman–Crippen LogP) is 0.174. The summed E-state index contributed by atoms with van der Waals surface area (Å²) in [6, 6.07) is -0.845. The van der Waals surface area contributed by atoms with E-state index in [2.05, 4.69) is 9.55 Å². The molecule has 0 amide bonds. The monoisotopic (exact) mass is 209 g/mol. The lowest BCUT2D eigenvalue weighted by atomic mass is 10.2. The summed E-state index contributed by atoms with van der Waals surface area (Å²) in [7, 11) is 0. The van der Waals surface area contributed by atoms with Crippen molar-refractivity contribution < 1.29 is 9.90 Å². The number of aromatic nitrogens is 2. The third-order valence-corrected chi connectivity index (χ3v) is 2.70. The molecule has 3 N–H and O–H groups in total. The number of aryl methyl sites for hydroxylation is 2. The van der Waals surface area contributed by atoms with Crippen molar-refractivity contribution in [2.24, 2.45) is 5.73 Å². The van der Waals surface area contributed by atoms with E-state index in [9.17, 15) is 4.79 Å². The number of imidazole rings is 1. The van der Waals surface area contributed by atoms with Gasteiger partial charge in [-0.1, -0.05) is 0 Å². The van der Waals surface area contributed by atoms with Gasteiger partial charge in [0.15, 0.2) is 0 Å². The van der Waals surface area contributed by atoms with Gasteiger partial charge in [0, 0.05) is 25.6 Å². The molecule has 1 atom stereocenters. The zero-order valence-electron chi connectivity index (χ0n) is 8.52. The van der Waals surface area contributed by atoms with Crippen molar-refractivity contribution in [1.29, 1.82) is 0 Å². The maximum Gasteiger partial charge on any atom is 0.320 e. The molecule has 0 radical (unpaired) electrons. The van der Waals surface area contributed by atoms with Crippen LogP contribution in [0.15, 0.2) is 6.20 Å². The molecule has 0 aromatic carbocycles. The van der Waals surface area contributed by atoms with E-state index >= 15 is 0 Å². The third kappa shape index (κ3) is 2.18. The largest absolute Gasteiger partial charge is 0.480 e. The van der Waals surface area contributed by atoms with Gasteiger partial charge in [-0.25, -0.2) is 4.98 Å². The molecule has 1 aromatic rings. The second kappa shape index (κ2) is 4.02. The zero-order valence-corrected chi connectivity index (χ0v) is 8.52. The molecule has 0 fully saturated rings. The Hall–Kier alpha value is -1.36. The SMILES string of the molecule is NC(Cc1cn2c(n1)CCCC2)C(=O)O. The van der Waals surface area contributed by atoms with Crippen molar-refractivity contribution in [3.63, 3.8) is 0 Å². The smallest absolute Gasteiger partial charge is 0.320 e. The highest BCUT2D eigenvalue weighted by Gasteiger charge is 2.17. The molecule has 0 saturated carbocycles. The Morgan fingerprint density at radius 3 is 3.13 bits per heavy atom. The van der Waals surface area contributed by atoms with Crippen LogP contribution in [0, 0.1) is 0 Å². The van der Waals surface area contributed by atoms with Crippen molar-refractivity contribution in [1.82, 2.24) is 9.55 Å². The molecule has 0 aliphatic carbocycles. The fourth-order valence-electron chi connectivity index (χ4n) is 1.88. The number of hydrogen-bond acceptors (Lipinski definition) is 3.